The van der Waals surface area contributed by atoms with Gasteiger partial charge >= 0.3 is 5.97 Å². The molecule has 0 aliphatic rings. The summed E-state index contributed by atoms with van der Waals surface area (Å²) < 4.78 is 10.2. The molecule has 0 aliphatic carbocycles. The topological polar surface area (TPSA) is 59.0 Å². The lowest BCUT2D eigenvalue weighted by molar-refractivity contribution is -0.138. The molecule has 0 fully saturated rings. The molecular weight excluding hydrogens is 222 g/mol. The highest BCUT2D eigenvalue weighted by molar-refractivity contribution is 5.67. The summed E-state index contributed by atoms with van der Waals surface area (Å²) in [5.41, 5.74) is 0. The van der Waals surface area contributed by atoms with E-state index in [0.29, 0.717) is 13.2 Å². The predicted molar refractivity (Wildman–Crippen MR) is 66.3 cm³/mol. The van der Waals surface area contributed by atoms with Crippen LogP contribution in [0.5, 0.6) is 0 Å². The van der Waals surface area contributed by atoms with Crippen LogP contribution in [0.1, 0.15) is 26.7 Å². The molecule has 0 bridgehead atoms. The van der Waals surface area contributed by atoms with Crippen molar-refractivity contribution in [1.82, 2.24) is 4.90 Å². The first kappa shape index (κ1) is 16.4. The Morgan fingerprint density at radius 3 is 2.41 bits per heavy atom. The van der Waals surface area contributed by atoms with Crippen LogP contribution < -0.4 is 0 Å². The summed E-state index contributed by atoms with van der Waals surface area (Å²) in [6.07, 6.45) is 0.971. The van der Waals surface area contributed by atoms with Crippen LogP contribution in [0.25, 0.3) is 0 Å². The van der Waals surface area contributed by atoms with Crippen molar-refractivity contribution >= 4 is 5.97 Å². The molecule has 17 heavy (non-hydrogen) atoms. The molecular formula is C12H25NO4. The molecule has 0 aromatic carbocycles. The van der Waals surface area contributed by atoms with Crippen molar-refractivity contribution in [3.8, 4) is 0 Å². The highest BCUT2D eigenvalue weighted by atomic mass is 16.5. The Morgan fingerprint density at radius 1 is 1.35 bits per heavy atom. The van der Waals surface area contributed by atoms with Crippen LogP contribution in [-0.4, -0.2) is 62.0 Å². The van der Waals surface area contributed by atoms with Gasteiger partial charge in [0.1, 0.15) is 0 Å². The standard InChI is InChI=1S/C12H25NO4/c1-5-11(8-12(14)15)13(6-7-16-3)10(2)9-17-4/h10-11H,5-9H2,1-4H3,(H,14,15). The van der Waals surface area contributed by atoms with E-state index in [1.165, 1.54) is 0 Å². The molecule has 2 unspecified atom stereocenters. The fourth-order valence-electron chi connectivity index (χ4n) is 1.99. The number of nitrogens with zero attached hydrogens (tertiary/aromatic N) is 1. The third kappa shape index (κ3) is 6.61. The summed E-state index contributed by atoms with van der Waals surface area (Å²) >= 11 is 0. The maximum Gasteiger partial charge on any atom is 0.304 e. The molecule has 0 aromatic heterocycles. The average Bonchev–Trinajstić information content (AvgIpc) is 2.27. The molecule has 0 saturated heterocycles. The summed E-state index contributed by atoms with van der Waals surface area (Å²) in [6, 6.07) is 0.229. The highest BCUT2D eigenvalue weighted by Gasteiger charge is 2.23. The summed E-state index contributed by atoms with van der Waals surface area (Å²) in [4.78, 5) is 13.0. The summed E-state index contributed by atoms with van der Waals surface area (Å²) in [5, 5.41) is 8.91. The Balaban J connectivity index is 4.53. The van der Waals surface area contributed by atoms with Crippen LogP contribution in [0, 0.1) is 0 Å². The molecule has 0 aliphatic heterocycles. The van der Waals surface area contributed by atoms with Crippen molar-refractivity contribution in [3.63, 3.8) is 0 Å². The van der Waals surface area contributed by atoms with E-state index in [2.05, 4.69) is 4.90 Å². The van der Waals surface area contributed by atoms with Gasteiger partial charge in [0.05, 0.1) is 19.6 Å². The molecule has 0 heterocycles. The van der Waals surface area contributed by atoms with E-state index >= 15 is 0 Å². The predicted octanol–water partition coefficient (Wildman–Crippen LogP) is 1.22. The molecule has 102 valence electrons. The number of carboxylic acid groups (broad SMARTS) is 1. The van der Waals surface area contributed by atoms with E-state index in [4.69, 9.17) is 14.6 Å². The fraction of sp³-hybridized carbons (Fsp3) is 0.917. The van der Waals surface area contributed by atoms with Gasteiger partial charge in [-0.3, -0.25) is 9.69 Å². The van der Waals surface area contributed by atoms with Crippen molar-refractivity contribution in [2.45, 2.75) is 38.8 Å². The largest absolute Gasteiger partial charge is 0.481 e. The molecule has 0 saturated carbocycles. The third-order valence-corrected chi connectivity index (χ3v) is 2.88. The number of ether oxygens (including phenoxy) is 2. The molecule has 5 heteroatoms. The van der Waals surface area contributed by atoms with E-state index in [1.807, 2.05) is 13.8 Å². The van der Waals surface area contributed by atoms with Crippen LogP contribution in [0.3, 0.4) is 0 Å². The van der Waals surface area contributed by atoms with Crippen LogP contribution in [0.4, 0.5) is 0 Å². The Hall–Kier alpha value is -0.650. The van der Waals surface area contributed by atoms with Gasteiger partial charge in [-0.15, -0.1) is 0 Å². The zero-order chi connectivity index (χ0) is 13.3. The van der Waals surface area contributed by atoms with Crippen molar-refractivity contribution in [2.24, 2.45) is 0 Å². The Kier molecular flexibility index (Phi) is 9.03. The zero-order valence-electron chi connectivity index (χ0n) is 11.3. The lowest BCUT2D eigenvalue weighted by Gasteiger charge is -2.35. The van der Waals surface area contributed by atoms with E-state index < -0.39 is 5.97 Å². The average molecular weight is 247 g/mol. The smallest absolute Gasteiger partial charge is 0.304 e. The second-order valence-corrected chi connectivity index (χ2v) is 4.19. The first-order valence-corrected chi connectivity index (χ1v) is 6.02. The normalized spacial score (nSPS) is 14.9. The van der Waals surface area contributed by atoms with Gasteiger partial charge in [0.2, 0.25) is 0 Å². The number of aliphatic carboxylic acids is 1. The quantitative estimate of drug-likeness (QED) is 0.629. The van der Waals surface area contributed by atoms with Crippen LogP contribution in [0.15, 0.2) is 0 Å². The highest BCUT2D eigenvalue weighted by Crippen LogP contribution is 2.13. The molecule has 1 N–H and O–H groups in total. The molecule has 0 amide bonds. The number of rotatable bonds is 10. The van der Waals surface area contributed by atoms with Gasteiger partial charge in [0, 0.05) is 32.8 Å². The van der Waals surface area contributed by atoms with Gasteiger partial charge in [-0.2, -0.15) is 0 Å². The lowest BCUT2D eigenvalue weighted by atomic mass is 10.1. The number of hydrogen-bond donors (Lipinski definition) is 1. The number of hydrogen-bond acceptors (Lipinski definition) is 4. The minimum atomic E-state index is -0.760. The fourth-order valence-corrected chi connectivity index (χ4v) is 1.99. The minimum absolute atomic E-state index is 0.0350. The van der Waals surface area contributed by atoms with E-state index in [9.17, 15) is 4.79 Å². The number of methoxy groups -OCH3 is 2. The minimum Gasteiger partial charge on any atom is -0.481 e. The monoisotopic (exact) mass is 247 g/mol. The first-order valence-electron chi connectivity index (χ1n) is 6.02. The van der Waals surface area contributed by atoms with Crippen molar-refractivity contribution in [3.05, 3.63) is 0 Å². The molecule has 0 spiro atoms. The maximum atomic E-state index is 10.8. The maximum absolute atomic E-state index is 10.8. The van der Waals surface area contributed by atoms with Crippen molar-refractivity contribution in [1.29, 1.82) is 0 Å². The molecule has 0 radical (unpaired) electrons. The molecule has 0 aromatic rings. The van der Waals surface area contributed by atoms with Gasteiger partial charge in [-0.25, -0.2) is 0 Å². The van der Waals surface area contributed by atoms with Gasteiger partial charge < -0.3 is 14.6 Å². The summed E-state index contributed by atoms with van der Waals surface area (Å²) in [5.74, 6) is -0.760. The van der Waals surface area contributed by atoms with E-state index in [1.54, 1.807) is 14.2 Å². The number of carbonyl (C=O) groups is 1. The second-order valence-electron chi connectivity index (χ2n) is 4.19. The first-order chi connectivity index (χ1) is 8.06. The summed E-state index contributed by atoms with van der Waals surface area (Å²) in [6.45, 7) is 5.98. The van der Waals surface area contributed by atoms with Crippen LogP contribution in [-0.2, 0) is 14.3 Å². The molecule has 2 atom stereocenters. The van der Waals surface area contributed by atoms with Crippen LogP contribution >= 0.6 is 0 Å². The van der Waals surface area contributed by atoms with Crippen LogP contribution in [0.2, 0.25) is 0 Å². The van der Waals surface area contributed by atoms with Crippen molar-refractivity contribution in [2.75, 3.05) is 34.0 Å². The number of carboxylic acids is 1. The second kappa shape index (κ2) is 9.39. The van der Waals surface area contributed by atoms with E-state index in [0.717, 1.165) is 13.0 Å². The SMILES string of the molecule is CCC(CC(=O)O)N(CCOC)C(C)COC. The van der Waals surface area contributed by atoms with Gasteiger partial charge in [-0.1, -0.05) is 6.92 Å². The molecule has 5 nitrogen and oxygen atoms in total. The van der Waals surface area contributed by atoms with Gasteiger partial charge in [-0.05, 0) is 13.3 Å². The summed E-state index contributed by atoms with van der Waals surface area (Å²) in [7, 11) is 3.31. The van der Waals surface area contributed by atoms with E-state index in [-0.39, 0.29) is 18.5 Å². The Morgan fingerprint density at radius 2 is 2.00 bits per heavy atom. The third-order valence-electron chi connectivity index (χ3n) is 2.88. The zero-order valence-corrected chi connectivity index (χ0v) is 11.3. The van der Waals surface area contributed by atoms with Gasteiger partial charge in [0.15, 0.2) is 0 Å². The van der Waals surface area contributed by atoms with Gasteiger partial charge in [0.25, 0.3) is 0 Å². The van der Waals surface area contributed by atoms with Crippen molar-refractivity contribution < 1.29 is 19.4 Å². The molecule has 0 rings (SSSR count). The Bertz CT molecular complexity index is 211. The lowest BCUT2D eigenvalue weighted by Crippen LogP contribution is -2.46. The Labute approximate surface area is 104 Å².